The third-order valence-corrected chi connectivity index (χ3v) is 1.54. The standard InChI is InChI=1S/C9H12NO/c1-7(10)8-4-3-5-9(6-8)11-2/h3-4,6-7H,10H2,1-2H3. The highest BCUT2D eigenvalue weighted by atomic mass is 16.5. The van der Waals surface area contributed by atoms with E-state index >= 15 is 0 Å². The first-order valence-corrected chi connectivity index (χ1v) is 3.55. The molecule has 0 aliphatic rings. The highest BCUT2D eigenvalue weighted by Gasteiger charge is 1.99. The largest absolute Gasteiger partial charge is 0.496 e. The molecule has 1 aromatic carbocycles. The molecular weight excluding hydrogens is 138 g/mol. The minimum atomic E-state index is 0.0542. The third-order valence-electron chi connectivity index (χ3n) is 1.54. The lowest BCUT2D eigenvalue weighted by Crippen LogP contribution is -2.04. The van der Waals surface area contributed by atoms with E-state index in [1.54, 1.807) is 7.11 Å². The van der Waals surface area contributed by atoms with Gasteiger partial charge in [0.2, 0.25) is 0 Å². The summed E-state index contributed by atoms with van der Waals surface area (Å²) in [7, 11) is 1.62. The van der Waals surface area contributed by atoms with Gasteiger partial charge in [-0.1, -0.05) is 12.1 Å². The van der Waals surface area contributed by atoms with Crippen LogP contribution in [0.1, 0.15) is 18.5 Å². The Morgan fingerprint density at radius 2 is 2.36 bits per heavy atom. The van der Waals surface area contributed by atoms with E-state index in [0.717, 1.165) is 11.3 Å². The second-order valence-corrected chi connectivity index (χ2v) is 2.48. The van der Waals surface area contributed by atoms with Gasteiger partial charge >= 0.3 is 0 Å². The van der Waals surface area contributed by atoms with Crippen molar-refractivity contribution in [1.29, 1.82) is 0 Å². The lowest BCUT2D eigenvalue weighted by molar-refractivity contribution is 0.413. The van der Waals surface area contributed by atoms with E-state index in [9.17, 15) is 0 Å². The molecule has 2 N–H and O–H groups in total. The molecule has 2 nitrogen and oxygen atoms in total. The van der Waals surface area contributed by atoms with Crippen LogP contribution in [0, 0.1) is 6.07 Å². The minimum Gasteiger partial charge on any atom is -0.496 e. The summed E-state index contributed by atoms with van der Waals surface area (Å²) in [6, 6.07) is 8.64. The van der Waals surface area contributed by atoms with Gasteiger partial charge < -0.3 is 10.5 Å². The van der Waals surface area contributed by atoms with Crippen LogP contribution < -0.4 is 10.5 Å². The molecule has 11 heavy (non-hydrogen) atoms. The molecule has 0 fully saturated rings. The Morgan fingerprint density at radius 3 is 2.91 bits per heavy atom. The highest BCUT2D eigenvalue weighted by molar-refractivity contribution is 5.28. The zero-order chi connectivity index (χ0) is 8.27. The van der Waals surface area contributed by atoms with Crippen molar-refractivity contribution >= 4 is 0 Å². The van der Waals surface area contributed by atoms with Gasteiger partial charge in [0.25, 0.3) is 0 Å². The predicted octanol–water partition coefficient (Wildman–Crippen LogP) is 1.52. The molecule has 1 atom stereocenters. The number of methoxy groups -OCH3 is 1. The van der Waals surface area contributed by atoms with Gasteiger partial charge in [0.1, 0.15) is 5.75 Å². The molecule has 59 valence electrons. The molecule has 0 saturated carbocycles. The van der Waals surface area contributed by atoms with Crippen LogP contribution in [0.5, 0.6) is 5.75 Å². The van der Waals surface area contributed by atoms with Gasteiger partial charge in [-0.15, -0.1) is 0 Å². The van der Waals surface area contributed by atoms with Crippen LogP contribution in [0.4, 0.5) is 0 Å². The first-order chi connectivity index (χ1) is 5.24. The predicted molar refractivity (Wildman–Crippen MR) is 44.4 cm³/mol. The fourth-order valence-electron chi connectivity index (χ4n) is 0.862. The molecule has 0 spiro atoms. The maximum absolute atomic E-state index is 5.67. The van der Waals surface area contributed by atoms with Gasteiger partial charge in [-0.3, -0.25) is 0 Å². The van der Waals surface area contributed by atoms with Crippen molar-refractivity contribution in [1.82, 2.24) is 0 Å². The van der Waals surface area contributed by atoms with Gasteiger partial charge in [-0.05, 0) is 18.6 Å². The van der Waals surface area contributed by atoms with E-state index < -0.39 is 0 Å². The van der Waals surface area contributed by atoms with E-state index in [1.165, 1.54) is 0 Å². The van der Waals surface area contributed by atoms with Crippen LogP contribution in [0.25, 0.3) is 0 Å². The van der Waals surface area contributed by atoms with Crippen molar-refractivity contribution in [3.05, 3.63) is 29.8 Å². The number of hydrogen-bond acceptors (Lipinski definition) is 2. The van der Waals surface area contributed by atoms with Crippen LogP contribution in [0.15, 0.2) is 18.2 Å². The quantitative estimate of drug-likeness (QED) is 0.693. The molecule has 0 amide bonds. The Bertz CT molecular complexity index is 233. The van der Waals surface area contributed by atoms with E-state index in [4.69, 9.17) is 10.5 Å². The summed E-state index contributed by atoms with van der Waals surface area (Å²) in [6.45, 7) is 1.94. The SMILES string of the molecule is COc1[c]ccc(C(C)N)c1. The highest BCUT2D eigenvalue weighted by Crippen LogP contribution is 2.15. The van der Waals surface area contributed by atoms with E-state index in [-0.39, 0.29) is 6.04 Å². The Labute approximate surface area is 67.0 Å². The first kappa shape index (κ1) is 8.08. The van der Waals surface area contributed by atoms with E-state index in [0.29, 0.717) is 0 Å². The zero-order valence-electron chi connectivity index (χ0n) is 6.79. The van der Waals surface area contributed by atoms with E-state index in [1.807, 2.05) is 25.1 Å². The fraction of sp³-hybridized carbons (Fsp3) is 0.333. The van der Waals surface area contributed by atoms with Crippen molar-refractivity contribution in [3.63, 3.8) is 0 Å². The molecule has 1 radical (unpaired) electrons. The number of rotatable bonds is 2. The van der Waals surface area contributed by atoms with Crippen molar-refractivity contribution in [2.24, 2.45) is 5.73 Å². The summed E-state index contributed by atoms with van der Waals surface area (Å²) in [5, 5.41) is 0. The topological polar surface area (TPSA) is 35.2 Å². The molecule has 1 rings (SSSR count). The van der Waals surface area contributed by atoms with Gasteiger partial charge in [0.15, 0.2) is 0 Å². The smallest absolute Gasteiger partial charge is 0.127 e. The summed E-state index contributed by atoms with van der Waals surface area (Å²) in [5.41, 5.74) is 6.74. The van der Waals surface area contributed by atoms with Crippen molar-refractivity contribution < 1.29 is 4.74 Å². The minimum absolute atomic E-state index is 0.0542. The maximum Gasteiger partial charge on any atom is 0.127 e. The van der Waals surface area contributed by atoms with Crippen LogP contribution >= 0.6 is 0 Å². The molecule has 0 heterocycles. The average molecular weight is 150 g/mol. The second-order valence-electron chi connectivity index (χ2n) is 2.48. The van der Waals surface area contributed by atoms with Crippen LogP contribution in [-0.4, -0.2) is 7.11 Å². The van der Waals surface area contributed by atoms with Gasteiger partial charge in [0, 0.05) is 12.1 Å². The first-order valence-electron chi connectivity index (χ1n) is 3.55. The molecule has 1 unspecified atom stereocenters. The van der Waals surface area contributed by atoms with Gasteiger partial charge in [-0.2, -0.15) is 0 Å². The van der Waals surface area contributed by atoms with E-state index in [2.05, 4.69) is 6.07 Å². The number of nitrogens with two attached hydrogens (primary N) is 1. The lowest BCUT2D eigenvalue weighted by Gasteiger charge is -2.06. The van der Waals surface area contributed by atoms with Crippen LogP contribution in [0.2, 0.25) is 0 Å². The molecule has 2 heteroatoms. The second kappa shape index (κ2) is 3.39. The molecule has 0 aliphatic heterocycles. The van der Waals surface area contributed by atoms with Crippen LogP contribution in [0.3, 0.4) is 0 Å². The number of hydrogen-bond donors (Lipinski definition) is 1. The van der Waals surface area contributed by atoms with Gasteiger partial charge in [0.05, 0.1) is 7.11 Å². The summed E-state index contributed by atoms with van der Waals surface area (Å²) in [4.78, 5) is 0. The molecule has 0 aliphatic carbocycles. The lowest BCUT2D eigenvalue weighted by atomic mass is 10.1. The summed E-state index contributed by atoms with van der Waals surface area (Å²) >= 11 is 0. The maximum atomic E-state index is 5.67. The van der Waals surface area contributed by atoms with Crippen molar-refractivity contribution in [2.45, 2.75) is 13.0 Å². The molecule has 0 saturated heterocycles. The Hall–Kier alpha value is -1.02. The zero-order valence-corrected chi connectivity index (χ0v) is 6.79. The monoisotopic (exact) mass is 150 g/mol. The molecule has 0 aromatic heterocycles. The normalized spacial score (nSPS) is 12.6. The summed E-state index contributed by atoms with van der Waals surface area (Å²) in [5.74, 6) is 0.736. The third kappa shape index (κ3) is 1.95. The fourth-order valence-corrected chi connectivity index (χ4v) is 0.862. The molecule has 0 bridgehead atoms. The molecule has 1 aromatic rings. The molecular formula is C9H12NO. The van der Waals surface area contributed by atoms with Crippen molar-refractivity contribution in [2.75, 3.05) is 7.11 Å². The Balaban J connectivity index is 2.91. The Kier molecular flexibility index (Phi) is 2.49. The summed E-state index contributed by atoms with van der Waals surface area (Å²) in [6.07, 6.45) is 0. The van der Waals surface area contributed by atoms with Gasteiger partial charge in [-0.25, -0.2) is 0 Å². The number of ether oxygens (including phenoxy) is 1. The summed E-state index contributed by atoms with van der Waals surface area (Å²) < 4.78 is 4.99. The van der Waals surface area contributed by atoms with Crippen molar-refractivity contribution in [3.8, 4) is 5.75 Å². The van der Waals surface area contributed by atoms with Crippen LogP contribution in [-0.2, 0) is 0 Å². The average Bonchev–Trinajstić information content (AvgIpc) is 2.05. The Morgan fingerprint density at radius 1 is 1.64 bits per heavy atom. The number of benzene rings is 1.